The summed E-state index contributed by atoms with van der Waals surface area (Å²) in [4.78, 5) is 12.1. The molecule has 2 bridgehead atoms. The van der Waals surface area contributed by atoms with Gasteiger partial charge in [-0.15, -0.1) is 0 Å². The molecule has 0 radical (unpaired) electrons. The van der Waals surface area contributed by atoms with Gasteiger partial charge in [-0.2, -0.15) is 0 Å². The number of carbonyl (C=O) groups is 1. The Morgan fingerprint density at radius 2 is 1.91 bits per heavy atom. The molecule has 3 atom stereocenters. The lowest BCUT2D eigenvalue weighted by Crippen LogP contribution is -2.30. The van der Waals surface area contributed by atoms with Gasteiger partial charge in [-0.25, -0.2) is 0 Å². The van der Waals surface area contributed by atoms with E-state index in [1.807, 2.05) is 0 Å². The fourth-order valence-electron chi connectivity index (χ4n) is 3.41. The number of carbonyl (C=O) groups excluding carboxylic acids is 1. The van der Waals surface area contributed by atoms with Crippen molar-refractivity contribution in [3.8, 4) is 0 Å². The maximum Gasteiger partial charge on any atom is 0.166 e. The minimum Gasteiger partial charge on any atom is -0.456 e. The van der Waals surface area contributed by atoms with Gasteiger partial charge in [0.25, 0.3) is 0 Å². The summed E-state index contributed by atoms with van der Waals surface area (Å²) in [5.41, 5.74) is 2.84. The Morgan fingerprint density at radius 1 is 1.13 bits per heavy atom. The molecule has 0 aromatic heterocycles. The molecule has 4 rings (SSSR count). The first-order valence-corrected chi connectivity index (χ1v) is 7.50. The van der Waals surface area contributed by atoms with Crippen molar-refractivity contribution in [3.05, 3.63) is 69.8 Å². The second-order valence-corrected chi connectivity index (χ2v) is 6.09. The average molecular weight is 312 g/mol. The molecule has 23 heavy (non-hydrogen) atoms. The maximum atomic E-state index is 12.1. The standard InChI is InChI=1S/C18H16O5/c1-8-6-10-12(20)7-13(21)16(10)14-5-3-9-2-4-11(19)17(22)15(9)18(8)23-14/h2-6,11,13,17,19,21-22H,7H2,1H3. The molecule has 5 heteroatoms. The molecule has 3 unspecified atom stereocenters. The van der Waals surface area contributed by atoms with Gasteiger partial charge in [-0.3, -0.25) is 4.79 Å². The lowest BCUT2D eigenvalue weighted by molar-refractivity contribution is -0.115. The van der Waals surface area contributed by atoms with E-state index in [-0.39, 0.29) is 12.2 Å². The Balaban J connectivity index is 1.98. The topological polar surface area (TPSA) is 87.0 Å². The summed E-state index contributed by atoms with van der Waals surface area (Å²) in [5.74, 6) is 0.706. The molecule has 0 aromatic carbocycles. The molecule has 118 valence electrons. The van der Waals surface area contributed by atoms with Crippen LogP contribution in [0.2, 0.25) is 0 Å². The number of Topliss-reactive ketones (excluding diaryl/α,β-unsaturated/α-hetero) is 1. The van der Waals surface area contributed by atoms with E-state index in [1.165, 1.54) is 6.08 Å². The van der Waals surface area contributed by atoms with E-state index in [0.717, 1.165) is 5.57 Å². The molecule has 0 aromatic rings. The maximum absolute atomic E-state index is 12.1. The van der Waals surface area contributed by atoms with Crippen LogP contribution in [0.3, 0.4) is 0 Å². The van der Waals surface area contributed by atoms with Crippen molar-refractivity contribution in [1.82, 2.24) is 0 Å². The zero-order valence-corrected chi connectivity index (χ0v) is 12.5. The van der Waals surface area contributed by atoms with E-state index in [4.69, 9.17) is 4.74 Å². The summed E-state index contributed by atoms with van der Waals surface area (Å²) >= 11 is 0. The van der Waals surface area contributed by atoms with Crippen molar-refractivity contribution >= 4 is 5.78 Å². The Kier molecular flexibility index (Phi) is 3.06. The van der Waals surface area contributed by atoms with Crippen LogP contribution in [0.5, 0.6) is 0 Å². The van der Waals surface area contributed by atoms with Crippen molar-refractivity contribution in [1.29, 1.82) is 0 Å². The molecule has 3 N–H and O–H groups in total. The van der Waals surface area contributed by atoms with Crippen LogP contribution >= 0.6 is 0 Å². The van der Waals surface area contributed by atoms with Crippen molar-refractivity contribution in [2.75, 3.05) is 0 Å². The first kappa shape index (κ1) is 14.4. The number of hydrogen-bond donors (Lipinski definition) is 3. The van der Waals surface area contributed by atoms with E-state index < -0.39 is 18.3 Å². The van der Waals surface area contributed by atoms with Crippen molar-refractivity contribution < 1.29 is 24.9 Å². The molecule has 4 aliphatic rings. The van der Waals surface area contributed by atoms with Crippen LogP contribution in [-0.4, -0.2) is 39.4 Å². The van der Waals surface area contributed by atoms with Gasteiger partial charge in [0.1, 0.15) is 23.7 Å². The van der Waals surface area contributed by atoms with Crippen LogP contribution in [0.15, 0.2) is 69.8 Å². The lowest BCUT2D eigenvalue weighted by Gasteiger charge is -2.25. The second kappa shape index (κ2) is 4.89. The van der Waals surface area contributed by atoms with Gasteiger partial charge < -0.3 is 20.1 Å². The van der Waals surface area contributed by atoms with Crippen molar-refractivity contribution in [2.45, 2.75) is 31.7 Å². The van der Waals surface area contributed by atoms with E-state index in [1.54, 1.807) is 31.2 Å². The van der Waals surface area contributed by atoms with Crippen LogP contribution in [0.4, 0.5) is 0 Å². The van der Waals surface area contributed by atoms with Gasteiger partial charge in [0.15, 0.2) is 5.78 Å². The van der Waals surface area contributed by atoms with Crippen LogP contribution in [0.25, 0.3) is 0 Å². The van der Waals surface area contributed by atoms with E-state index in [9.17, 15) is 20.1 Å². The molecule has 5 nitrogen and oxygen atoms in total. The molecule has 2 aliphatic carbocycles. The normalized spacial score (nSPS) is 32.4. The Labute approximate surface area is 132 Å². The highest BCUT2D eigenvalue weighted by Crippen LogP contribution is 2.41. The second-order valence-electron chi connectivity index (χ2n) is 6.09. The van der Waals surface area contributed by atoms with Gasteiger partial charge in [0.2, 0.25) is 0 Å². The highest BCUT2D eigenvalue weighted by atomic mass is 16.5. The first-order valence-electron chi connectivity index (χ1n) is 7.50. The van der Waals surface area contributed by atoms with Crippen LogP contribution in [-0.2, 0) is 9.53 Å². The number of aliphatic hydroxyl groups is 3. The molecule has 2 aliphatic heterocycles. The zero-order chi connectivity index (χ0) is 16.3. The third-order valence-electron chi connectivity index (χ3n) is 4.56. The van der Waals surface area contributed by atoms with Crippen LogP contribution < -0.4 is 0 Å². The summed E-state index contributed by atoms with van der Waals surface area (Å²) in [6, 6.07) is 0. The number of ether oxygens (including phenoxy) is 1. The molecule has 1 fully saturated rings. The number of allylic oxidation sites excluding steroid dienone is 6. The smallest absolute Gasteiger partial charge is 0.166 e. The monoisotopic (exact) mass is 312 g/mol. The summed E-state index contributed by atoms with van der Waals surface area (Å²) in [7, 11) is 0. The highest BCUT2D eigenvalue weighted by molar-refractivity contribution is 6.04. The summed E-state index contributed by atoms with van der Waals surface area (Å²) in [6.07, 6.45) is 5.46. The Hall–Kier alpha value is -2.21. The highest BCUT2D eigenvalue weighted by Gasteiger charge is 2.38. The molecular weight excluding hydrogens is 296 g/mol. The molecular formula is C18H16O5. The molecule has 0 saturated heterocycles. The predicted octanol–water partition coefficient (Wildman–Crippen LogP) is 0.963. The van der Waals surface area contributed by atoms with E-state index >= 15 is 0 Å². The summed E-state index contributed by atoms with van der Waals surface area (Å²) < 4.78 is 5.95. The van der Waals surface area contributed by atoms with Gasteiger partial charge in [-0.05, 0) is 30.2 Å². The minimum absolute atomic E-state index is 0.0544. The number of rotatable bonds is 0. The summed E-state index contributed by atoms with van der Waals surface area (Å²) in [5, 5.41) is 30.5. The largest absolute Gasteiger partial charge is 0.456 e. The molecule has 0 amide bonds. The van der Waals surface area contributed by atoms with Gasteiger partial charge in [-0.1, -0.05) is 18.2 Å². The third kappa shape index (κ3) is 2.01. The number of fused-ring (bicyclic) bond motifs is 4. The minimum atomic E-state index is -1.11. The SMILES string of the molecule is CC1=C2OC(=C3C(=C1)C(=O)CC3O)C=CC1=C2C(O)C(O)C=C1. The van der Waals surface area contributed by atoms with Crippen LogP contribution in [0.1, 0.15) is 13.3 Å². The quantitative estimate of drug-likeness (QED) is 0.620. The fourth-order valence-corrected chi connectivity index (χ4v) is 3.41. The van der Waals surface area contributed by atoms with E-state index in [2.05, 4.69) is 0 Å². The number of aliphatic hydroxyl groups excluding tert-OH is 3. The van der Waals surface area contributed by atoms with Gasteiger partial charge in [0, 0.05) is 23.1 Å². The molecule has 2 heterocycles. The van der Waals surface area contributed by atoms with Gasteiger partial charge in [0.05, 0.1) is 6.10 Å². The Bertz CT molecular complexity index is 803. The van der Waals surface area contributed by atoms with Crippen molar-refractivity contribution in [2.24, 2.45) is 0 Å². The predicted molar refractivity (Wildman–Crippen MR) is 81.8 cm³/mol. The summed E-state index contributed by atoms with van der Waals surface area (Å²) in [6.45, 7) is 1.79. The zero-order valence-electron chi connectivity index (χ0n) is 12.5. The fraction of sp³-hybridized carbons (Fsp3) is 0.278. The van der Waals surface area contributed by atoms with Crippen molar-refractivity contribution in [3.63, 3.8) is 0 Å². The first-order chi connectivity index (χ1) is 11.0. The molecule has 1 saturated carbocycles. The Morgan fingerprint density at radius 3 is 2.70 bits per heavy atom. The lowest BCUT2D eigenvalue weighted by atomic mass is 9.89. The van der Waals surface area contributed by atoms with E-state index in [0.29, 0.717) is 33.8 Å². The number of ketones is 1. The number of hydrogen-bond acceptors (Lipinski definition) is 5. The average Bonchev–Trinajstić information content (AvgIpc) is 2.68. The third-order valence-corrected chi connectivity index (χ3v) is 4.56. The van der Waals surface area contributed by atoms with Crippen LogP contribution in [0, 0.1) is 0 Å². The van der Waals surface area contributed by atoms with Gasteiger partial charge >= 0.3 is 0 Å². The molecule has 0 spiro atoms.